The van der Waals surface area contributed by atoms with Crippen molar-refractivity contribution >= 4 is 0 Å². The van der Waals surface area contributed by atoms with Crippen molar-refractivity contribution in [3.63, 3.8) is 0 Å². The van der Waals surface area contributed by atoms with Crippen molar-refractivity contribution in [2.45, 2.75) is 32.0 Å². The van der Waals surface area contributed by atoms with E-state index in [1.165, 1.54) is 12.1 Å². The fourth-order valence-corrected chi connectivity index (χ4v) is 1.47. The second kappa shape index (κ2) is 5.91. The number of benzene rings is 1. The van der Waals surface area contributed by atoms with E-state index in [0.29, 0.717) is 19.4 Å². The molecule has 1 atom stereocenters. The van der Waals surface area contributed by atoms with Crippen LogP contribution in [0.25, 0.3) is 0 Å². The summed E-state index contributed by atoms with van der Waals surface area (Å²) in [6, 6.07) is 4.90. The molecule has 0 aliphatic rings. The Kier molecular flexibility index (Phi) is 4.81. The van der Waals surface area contributed by atoms with Crippen LogP contribution < -0.4 is 10.5 Å². The van der Waals surface area contributed by atoms with E-state index < -0.39 is 11.7 Å². The van der Waals surface area contributed by atoms with Crippen molar-refractivity contribution in [3.05, 3.63) is 29.8 Å². The predicted molar refractivity (Wildman–Crippen MR) is 59.8 cm³/mol. The van der Waals surface area contributed by atoms with Crippen LogP contribution in [0.5, 0.6) is 5.75 Å². The summed E-state index contributed by atoms with van der Waals surface area (Å²) in [5, 5.41) is 0. The number of nitrogens with two attached hydrogens (primary N) is 1. The van der Waals surface area contributed by atoms with Gasteiger partial charge in [0.15, 0.2) is 0 Å². The molecule has 2 N–H and O–H groups in total. The summed E-state index contributed by atoms with van der Waals surface area (Å²) < 4.78 is 42.8. The molecule has 1 aromatic rings. The van der Waals surface area contributed by atoms with Crippen LogP contribution in [0.1, 0.15) is 25.3 Å². The van der Waals surface area contributed by atoms with E-state index in [0.717, 1.165) is 12.1 Å². The van der Waals surface area contributed by atoms with Crippen molar-refractivity contribution in [3.8, 4) is 5.75 Å². The minimum absolute atomic E-state index is 0.136. The van der Waals surface area contributed by atoms with Gasteiger partial charge >= 0.3 is 6.18 Å². The van der Waals surface area contributed by atoms with Gasteiger partial charge in [0.2, 0.25) is 0 Å². The van der Waals surface area contributed by atoms with E-state index in [2.05, 4.69) is 0 Å². The highest BCUT2D eigenvalue weighted by atomic mass is 19.4. The van der Waals surface area contributed by atoms with Crippen LogP contribution in [0.2, 0.25) is 0 Å². The molecule has 0 saturated heterocycles. The van der Waals surface area contributed by atoms with Crippen LogP contribution in [-0.2, 0) is 6.18 Å². The van der Waals surface area contributed by atoms with Crippen LogP contribution in [0.4, 0.5) is 13.2 Å². The summed E-state index contributed by atoms with van der Waals surface area (Å²) in [6.45, 7) is 2.37. The molecule has 0 bridgehead atoms. The normalized spacial score (nSPS) is 13.5. The number of alkyl halides is 3. The van der Waals surface area contributed by atoms with Gasteiger partial charge in [-0.3, -0.25) is 0 Å². The molecule has 0 fully saturated rings. The number of hydrogen-bond donors (Lipinski definition) is 1. The lowest BCUT2D eigenvalue weighted by atomic mass is 10.2. The Hall–Kier alpha value is -1.23. The van der Waals surface area contributed by atoms with E-state index in [-0.39, 0.29) is 11.9 Å². The van der Waals surface area contributed by atoms with Gasteiger partial charge in [0, 0.05) is 0 Å². The molecule has 96 valence electrons. The van der Waals surface area contributed by atoms with Gasteiger partial charge in [-0.05, 0) is 37.6 Å². The molecule has 0 radical (unpaired) electrons. The summed E-state index contributed by atoms with van der Waals surface area (Å²) in [7, 11) is 0. The van der Waals surface area contributed by atoms with E-state index in [4.69, 9.17) is 10.5 Å². The molecule has 2 nitrogen and oxygen atoms in total. The number of rotatable bonds is 5. The first kappa shape index (κ1) is 13.8. The maximum atomic E-state index is 12.5. The molecule has 17 heavy (non-hydrogen) atoms. The topological polar surface area (TPSA) is 35.2 Å². The third-order valence-corrected chi connectivity index (χ3v) is 2.41. The lowest BCUT2D eigenvalue weighted by molar-refractivity contribution is -0.137. The standard InChI is InChI=1S/C12H16F3NO/c1-2-10(6-7-16)17-11-5-3-4-9(8-11)12(13,14)15/h3-5,8,10H,2,6-7,16H2,1H3. The van der Waals surface area contributed by atoms with Crippen LogP contribution in [-0.4, -0.2) is 12.6 Å². The zero-order chi connectivity index (χ0) is 12.9. The molecule has 0 spiro atoms. The minimum Gasteiger partial charge on any atom is -0.490 e. The Morgan fingerprint density at radius 1 is 1.35 bits per heavy atom. The third kappa shape index (κ3) is 4.26. The third-order valence-electron chi connectivity index (χ3n) is 2.41. The average Bonchev–Trinajstić information content (AvgIpc) is 2.28. The Labute approximate surface area is 98.6 Å². The van der Waals surface area contributed by atoms with Gasteiger partial charge in [-0.1, -0.05) is 13.0 Å². The largest absolute Gasteiger partial charge is 0.490 e. The lowest BCUT2D eigenvalue weighted by Gasteiger charge is -2.17. The molecule has 5 heteroatoms. The SMILES string of the molecule is CCC(CCN)Oc1cccc(C(F)(F)F)c1. The summed E-state index contributed by atoms with van der Waals surface area (Å²) in [5.74, 6) is 0.236. The van der Waals surface area contributed by atoms with Gasteiger partial charge in [-0.25, -0.2) is 0 Å². The number of halogens is 3. The van der Waals surface area contributed by atoms with Gasteiger partial charge in [0.05, 0.1) is 11.7 Å². The first-order valence-corrected chi connectivity index (χ1v) is 5.51. The molecule has 1 unspecified atom stereocenters. The second-order valence-electron chi connectivity index (χ2n) is 3.75. The highest BCUT2D eigenvalue weighted by Gasteiger charge is 2.30. The molecular formula is C12H16F3NO. The van der Waals surface area contributed by atoms with Crippen molar-refractivity contribution in [1.29, 1.82) is 0 Å². The smallest absolute Gasteiger partial charge is 0.416 e. The maximum absolute atomic E-state index is 12.5. The Balaban J connectivity index is 2.78. The minimum atomic E-state index is -4.34. The van der Waals surface area contributed by atoms with Crippen molar-refractivity contribution in [1.82, 2.24) is 0 Å². The predicted octanol–water partition coefficient (Wildman–Crippen LogP) is 3.21. The van der Waals surface area contributed by atoms with Crippen molar-refractivity contribution in [2.75, 3.05) is 6.54 Å². The number of hydrogen-bond acceptors (Lipinski definition) is 2. The molecule has 0 amide bonds. The average molecular weight is 247 g/mol. The quantitative estimate of drug-likeness (QED) is 0.867. The van der Waals surface area contributed by atoms with E-state index in [9.17, 15) is 13.2 Å². The monoisotopic (exact) mass is 247 g/mol. The molecule has 0 saturated carbocycles. The molecule has 0 aliphatic heterocycles. The molecule has 0 aliphatic carbocycles. The molecule has 0 aromatic heterocycles. The summed E-state index contributed by atoms with van der Waals surface area (Å²) in [5.41, 5.74) is 4.70. The van der Waals surface area contributed by atoms with Gasteiger partial charge in [-0.2, -0.15) is 13.2 Å². The van der Waals surface area contributed by atoms with Crippen LogP contribution in [0.15, 0.2) is 24.3 Å². The van der Waals surface area contributed by atoms with Crippen LogP contribution in [0, 0.1) is 0 Å². The van der Waals surface area contributed by atoms with Gasteiger partial charge in [0.25, 0.3) is 0 Å². The van der Waals surface area contributed by atoms with Gasteiger partial charge < -0.3 is 10.5 Å². The Bertz CT molecular complexity index is 352. The Morgan fingerprint density at radius 3 is 2.59 bits per heavy atom. The molecule has 1 rings (SSSR count). The van der Waals surface area contributed by atoms with Crippen LogP contribution in [0.3, 0.4) is 0 Å². The summed E-state index contributed by atoms with van der Waals surface area (Å²) in [6.07, 6.45) is -3.13. The van der Waals surface area contributed by atoms with Crippen LogP contribution >= 0.6 is 0 Å². The number of ether oxygens (including phenoxy) is 1. The molecule has 1 aromatic carbocycles. The highest BCUT2D eigenvalue weighted by molar-refractivity contribution is 5.30. The molecular weight excluding hydrogens is 231 g/mol. The summed E-state index contributed by atoms with van der Waals surface area (Å²) in [4.78, 5) is 0. The zero-order valence-electron chi connectivity index (χ0n) is 9.63. The lowest BCUT2D eigenvalue weighted by Crippen LogP contribution is -2.20. The van der Waals surface area contributed by atoms with Crippen molar-refractivity contribution in [2.24, 2.45) is 5.73 Å². The fourth-order valence-electron chi connectivity index (χ4n) is 1.47. The van der Waals surface area contributed by atoms with E-state index in [1.807, 2.05) is 6.92 Å². The first-order chi connectivity index (χ1) is 7.97. The Morgan fingerprint density at radius 2 is 2.06 bits per heavy atom. The zero-order valence-corrected chi connectivity index (χ0v) is 9.63. The maximum Gasteiger partial charge on any atom is 0.416 e. The van der Waals surface area contributed by atoms with E-state index in [1.54, 1.807) is 0 Å². The van der Waals surface area contributed by atoms with Gasteiger partial charge in [-0.15, -0.1) is 0 Å². The second-order valence-corrected chi connectivity index (χ2v) is 3.75. The van der Waals surface area contributed by atoms with Crippen molar-refractivity contribution < 1.29 is 17.9 Å². The molecule has 0 heterocycles. The van der Waals surface area contributed by atoms with E-state index >= 15 is 0 Å². The summed E-state index contributed by atoms with van der Waals surface area (Å²) >= 11 is 0. The first-order valence-electron chi connectivity index (χ1n) is 5.51. The fraction of sp³-hybridized carbons (Fsp3) is 0.500. The highest BCUT2D eigenvalue weighted by Crippen LogP contribution is 2.31. The van der Waals surface area contributed by atoms with Gasteiger partial charge in [0.1, 0.15) is 5.75 Å².